The molecule has 0 atom stereocenters. The molecule has 2 N–H and O–H groups in total. The number of hydrogen-bond acceptors (Lipinski definition) is 4. The van der Waals surface area contributed by atoms with Crippen molar-refractivity contribution in [2.24, 2.45) is 5.73 Å². The number of nitrogens with zero attached hydrogens (tertiary/aromatic N) is 2. The molecule has 8 heteroatoms. The van der Waals surface area contributed by atoms with E-state index in [2.05, 4.69) is 4.98 Å². The van der Waals surface area contributed by atoms with Crippen LogP contribution in [0.25, 0.3) is 0 Å². The molecule has 0 aromatic carbocycles. The maximum absolute atomic E-state index is 12.4. The van der Waals surface area contributed by atoms with Gasteiger partial charge in [0, 0.05) is 12.1 Å². The van der Waals surface area contributed by atoms with Gasteiger partial charge < -0.3 is 5.73 Å². The Kier molecular flexibility index (Phi) is 3.85. The van der Waals surface area contributed by atoms with Gasteiger partial charge in [-0.25, -0.2) is 13.8 Å². The Balaban J connectivity index is 3.39. The third kappa shape index (κ3) is 2.37. The molecule has 0 aliphatic carbocycles. The first kappa shape index (κ1) is 12.2. The molecule has 0 unspecified atom stereocenters. The molecule has 1 heterocycles. The van der Waals surface area contributed by atoms with Crippen molar-refractivity contribution in [1.82, 2.24) is 4.98 Å². The summed E-state index contributed by atoms with van der Waals surface area (Å²) in [6.07, 6.45) is -1.96. The zero-order valence-electron chi connectivity index (χ0n) is 7.28. The van der Waals surface area contributed by atoms with Crippen LogP contribution in [-0.4, -0.2) is 9.91 Å². The summed E-state index contributed by atoms with van der Waals surface area (Å²) in [6.45, 7) is -0.202. The number of hydrogen-bond donors (Lipinski definition) is 1. The molecule has 82 valence electrons. The summed E-state index contributed by atoms with van der Waals surface area (Å²) in [7, 11) is 0. The number of halogens is 3. The smallest absolute Gasteiger partial charge is 0.301 e. The summed E-state index contributed by atoms with van der Waals surface area (Å²) in [5.74, 6) is 0. The van der Waals surface area contributed by atoms with Gasteiger partial charge >= 0.3 is 5.69 Å². The van der Waals surface area contributed by atoms with Crippen molar-refractivity contribution in [3.05, 3.63) is 31.1 Å². The molecule has 0 spiro atoms. The van der Waals surface area contributed by atoms with Gasteiger partial charge in [0.1, 0.15) is 11.9 Å². The first-order valence-corrected chi connectivity index (χ1v) is 4.86. The highest BCUT2D eigenvalue weighted by Crippen LogP contribution is 2.29. The minimum atomic E-state index is -2.78. The highest BCUT2D eigenvalue weighted by Gasteiger charge is 2.23. The average Bonchev–Trinajstić information content (AvgIpc) is 2.16. The second-order valence-corrected chi connectivity index (χ2v) is 3.66. The van der Waals surface area contributed by atoms with Gasteiger partial charge in [0.15, 0.2) is 0 Å². The van der Waals surface area contributed by atoms with Gasteiger partial charge in [0.2, 0.25) is 0 Å². The molecule has 1 rings (SSSR count). The zero-order valence-corrected chi connectivity index (χ0v) is 9.44. The standard InChI is InChI=1S/C7H6F2IN3O2/c8-7(9)6-3(1-11)5(10)4(2-12-6)13(14)15/h2,7H,1,11H2. The Morgan fingerprint density at radius 2 is 2.27 bits per heavy atom. The van der Waals surface area contributed by atoms with E-state index in [1.54, 1.807) is 22.6 Å². The molecule has 1 aromatic rings. The van der Waals surface area contributed by atoms with Crippen LogP contribution in [0, 0.1) is 13.7 Å². The van der Waals surface area contributed by atoms with Crippen LogP contribution in [-0.2, 0) is 6.54 Å². The van der Waals surface area contributed by atoms with E-state index in [-0.39, 0.29) is 21.4 Å². The van der Waals surface area contributed by atoms with Crippen LogP contribution < -0.4 is 5.73 Å². The van der Waals surface area contributed by atoms with Crippen LogP contribution in [0.2, 0.25) is 0 Å². The second-order valence-electron chi connectivity index (χ2n) is 2.58. The quantitative estimate of drug-likeness (QED) is 0.522. The predicted octanol–water partition coefficient (Wildman–Crippen LogP) is 1.99. The van der Waals surface area contributed by atoms with Crippen molar-refractivity contribution >= 4 is 28.3 Å². The molecule has 0 radical (unpaired) electrons. The van der Waals surface area contributed by atoms with Crippen molar-refractivity contribution < 1.29 is 13.7 Å². The normalized spacial score (nSPS) is 10.7. The highest BCUT2D eigenvalue weighted by atomic mass is 127. The van der Waals surface area contributed by atoms with Crippen LogP contribution in [0.4, 0.5) is 14.5 Å². The van der Waals surface area contributed by atoms with Crippen LogP contribution >= 0.6 is 22.6 Å². The SMILES string of the molecule is NCc1c(C(F)F)ncc([N+](=O)[O-])c1I. The first-order valence-electron chi connectivity index (χ1n) is 3.79. The number of nitro groups is 1. The summed E-state index contributed by atoms with van der Waals surface area (Å²) in [6, 6.07) is 0. The third-order valence-electron chi connectivity index (χ3n) is 1.73. The van der Waals surface area contributed by atoms with Crippen LogP contribution in [0.15, 0.2) is 6.20 Å². The Hall–Kier alpha value is -0.900. The van der Waals surface area contributed by atoms with Crippen molar-refractivity contribution in [2.45, 2.75) is 13.0 Å². The van der Waals surface area contributed by atoms with Gasteiger partial charge in [0.05, 0.1) is 8.49 Å². The Morgan fingerprint density at radius 1 is 1.67 bits per heavy atom. The third-order valence-corrected chi connectivity index (χ3v) is 2.94. The summed E-state index contributed by atoms with van der Waals surface area (Å²) < 4.78 is 25.0. The molecular weight excluding hydrogens is 323 g/mol. The molecule has 5 nitrogen and oxygen atoms in total. The van der Waals surface area contributed by atoms with E-state index in [1.165, 1.54) is 0 Å². The Morgan fingerprint density at radius 3 is 2.67 bits per heavy atom. The summed E-state index contributed by atoms with van der Waals surface area (Å²) >= 11 is 1.62. The van der Waals surface area contributed by atoms with Crippen LogP contribution in [0.3, 0.4) is 0 Å². The molecule has 0 aliphatic rings. The van der Waals surface area contributed by atoms with Gasteiger partial charge in [-0.2, -0.15) is 0 Å². The molecular formula is C7H6F2IN3O2. The van der Waals surface area contributed by atoms with Gasteiger partial charge in [0.25, 0.3) is 6.43 Å². The maximum Gasteiger partial charge on any atom is 0.301 e. The van der Waals surface area contributed by atoms with Crippen LogP contribution in [0.5, 0.6) is 0 Å². The van der Waals surface area contributed by atoms with Gasteiger partial charge in [-0.15, -0.1) is 0 Å². The first-order chi connectivity index (χ1) is 6.99. The Bertz CT molecular complexity index is 400. The fourth-order valence-corrected chi connectivity index (χ4v) is 1.87. The molecule has 0 saturated heterocycles. The van der Waals surface area contributed by atoms with Crippen molar-refractivity contribution in [1.29, 1.82) is 0 Å². The molecule has 0 bridgehead atoms. The molecule has 0 fully saturated rings. The minimum Gasteiger partial charge on any atom is -0.326 e. The lowest BCUT2D eigenvalue weighted by atomic mass is 10.2. The van der Waals surface area contributed by atoms with Gasteiger partial charge in [-0.05, 0) is 22.6 Å². The van der Waals surface area contributed by atoms with E-state index >= 15 is 0 Å². The number of nitrogens with two attached hydrogens (primary N) is 1. The van der Waals surface area contributed by atoms with Gasteiger partial charge in [-0.3, -0.25) is 10.1 Å². The van der Waals surface area contributed by atoms with E-state index in [1.807, 2.05) is 0 Å². The summed E-state index contributed by atoms with van der Waals surface area (Å²) in [5.41, 5.74) is 4.49. The summed E-state index contributed by atoms with van der Waals surface area (Å²) in [4.78, 5) is 13.2. The minimum absolute atomic E-state index is 0.0276. The number of rotatable bonds is 3. The second kappa shape index (κ2) is 4.75. The zero-order chi connectivity index (χ0) is 11.6. The fraction of sp³-hybridized carbons (Fsp3) is 0.286. The largest absolute Gasteiger partial charge is 0.326 e. The lowest BCUT2D eigenvalue weighted by molar-refractivity contribution is -0.386. The molecule has 1 aromatic heterocycles. The fourth-order valence-electron chi connectivity index (χ4n) is 1.04. The molecule has 0 saturated carbocycles. The average molecular weight is 329 g/mol. The number of aromatic nitrogens is 1. The van der Waals surface area contributed by atoms with E-state index in [0.29, 0.717) is 0 Å². The van der Waals surface area contributed by atoms with E-state index < -0.39 is 17.0 Å². The molecule has 15 heavy (non-hydrogen) atoms. The number of alkyl halides is 2. The lowest BCUT2D eigenvalue weighted by Gasteiger charge is -2.07. The lowest BCUT2D eigenvalue weighted by Crippen LogP contribution is -2.09. The van der Waals surface area contributed by atoms with E-state index in [9.17, 15) is 18.9 Å². The predicted molar refractivity (Wildman–Crippen MR) is 56.5 cm³/mol. The van der Waals surface area contributed by atoms with Crippen LogP contribution in [0.1, 0.15) is 17.7 Å². The monoisotopic (exact) mass is 329 g/mol. The number of pyridine rings is 1. The highest BCUT2D eigenvalue weighted by molar-refractivity contribution is 14.1. The topological polar surface area (TPSA) is 82.0 Å². The van der Waals surface area contributed by atoms with E-state index in [0.717, 1.165) is 6.20 Å². The van der Waals surface area contributed by atoms with Gasteiger partial charge in [-0.1, -0.05) is 0 Å². The Labute approximate surface area is 97.0 Å². The molecule has 0 aliphatic heterocycles. The van der Waals surface area contributed by atoms with Crippen molar-refractivity contribution in [2.75, 3.05) is 0 Å². The molecule has 0 amide bonds. The maximum atomic E-state index is 12.4. The van der Waals surface area contributed by atoms with E-state index in [4.69, 9.17) is 5.73 Å². The van der Waals surface area contributed by atoms with Crippen molar-refractivity contribution in [3.8, 4) is 0 Å². The summed E-state index contributed by atoms with van der Waals surface area (Å²) in [5, 5.41) is 10.5. The van der Waals surface area contributed by atoms with Crippen molar-refractivity contribution in [3.63, 3.8) is 0 Å².